The van der Waals surface area contributed by atoms with Gasteiger partial charge in [-0.15, -0.1) is 0 Å². The van der Waals surface area contributed by atoms with E-state index in [0.717, 1.165) is 39.3 Å². The van der Waals surface area contributed by atoms with Gasteiger partial charge in [-0.2, -0.15) is 0 Å². The van der Waals surface area contributed by atoms with E-state index >= 15 is 0 Å². The molecule has 248 valence electrons. The highest BCUT2D eigenvalue weighted by Gasteiger charge is 2.70. The van der Waals surface area contributed by atoms with Crippen LogP contribution in [0.15, 0.2) is 54.6 Å². The monoisotopic (exact) mass is 635 g/mol. The van der Waals surface area contributed by atoms with Gasteiger partial charge in [0.1, 0.15) is 0 Å². The number of alkyl halides is 2. The van der Waals surface area contributed by atoms with Crippen LogP contribution < -0.4 is 10.2 Å². The fourth-order valence-corrected chi connectivity index (χ4v) is 5.97. The quantitative estimate of drug-likeness (QED) is 0.255. The predicted molar refractivity (Wildman–Crippen MR) is 177 cm³/mol. The summed E-state index contributed by atoms with van der Waals surface area (Å²) in [6.45, 7) is 14.0. The molecule has 2 N–H and O–H groups in total. The Morgan fingerprint density at radius 2 is 1.57 bits per heavy atom. The number of aromatic nitrogens is 1. The van der Waals surface area contributed by atoms with Crippen molar-refractivity contribution in [3.05, 3.63) is 82.7 Å². The van der Waals surface area contributed by atoms with E-state index in [4.69, 9.17) is 14.8 Å². The summed E-state index contributed by atoms with van der Waals surface area (Å²) < 4.78 is 33.8. The van der Waals surface area contributed by atoms with Crippen molar-refractivity contribution in [2.24, 2.45) is 5.41 Å². The molecule has 1 saturated heterocycles. The Morgan fingerprint density at radius 1 is 1.00 bits per heavy atom. The van der Waals surface area contributed by atoms with Crippen molar-refractivity contribution >= 4 is 17.6 Å². The SMILES string of the molecule is CC(C)(C)O.Cc1nc(C)c(-c2ccc(C(=O)NCc3ccccc3)cc2)c(N2CCC3(CC2)CC3(F)F)c1CC(=O)OC(C)C. The van der Waals surface area contributed by atoms with Crippen LogP contribution in [0, 0.1) is 19.3 Å². The smallest absolute Gasteiger partial charge is 0.310 e. The molecule has 1 aliphatic carbocycles. The maximum absolute atomic E-state index is 14.2. The number of hydrogen-bond donors (Lipinski definition) is 2. The zero-order valence-corrected chi connectivity index (χ0v) is 28.0. The largest absolute Gasteiger partial charge is 0.463 e. The minimum Gasteiger partial charge on any atom is -0.463 e. The molecule has 1 saturated carbocycles. The van der Waals surface area contributed by atoms with Crippen molar-refractivity contribution in [2.75, 3.05) is 18.0 Å². The van der Waals surface area contributed by atoms with E-state index in [0.29, 0.717) is 38.0 Å². The van der Waals surface area contributed by atoms with Gasteiger partial charge >= 0.3 is 5.97 Å². The highest BCUT2D eigenvalue weighted by Crippen LogP contribution is 2.66. The molecule has 1 aromatic heterocycles. The van der Waals surface area contributed by atoms with E-state index in [9.17, 15) is 18.4 Å². The van der Waals surface area contributed by atoms with Gasteiger partial charge in [0.05, 0.1) is 23.8 Å². The summed E-state index contributed by atoms with van der Waals surface area (Å²) in [5.41, 5.74) is 4.92. The molecular formula is C37H47F2N3O4. The minimum absolute atomic E-state index is 0.0391. The number of nitrogens with one attached hydrogen (secondary N) is 1. The first kappa shape index (κ1) is 35.0. The molecule has 9 heteroatoms. The lowest BCUT2D eigenvalue weighted by Crippen LogP contribution is -2.38. The molecule has 2 fully saturated rings. The van der Waals surface area contributed by atoms with Crippen LogP contribution in [0.3, 0.4) is 0 Å². The van der Waals surface area contributed by atoms with Gasteiger partial charge in [0, 0.05) is 59.5 Å². The number of aryl methyl sites for hydroxylation is 2. The number of amides is 1. The van der Waals surface area contributed by atoms with E-state index in [1.807, 2.05) is 70.2 Å². The van der Waals surface area contributed by atoms with Crippen LogP contribution in [0.2, 0.25) is 0 Å². The number of benzene rings is 2. The Morgan fingerprint density at radius 3 is 2.09 bits per heavy atom. The summed E-state index contributed by atoms with van der Waals surface area (Å²) in [6.07, 6.45) is 0.539. The molecule has 7 nitrogen and oxygen atoms in total. The molecule has 3 aromatic rings. The molecule has 2 aromatic carbocycles. The van der Waals surface area contributed by atoms with E-state index in [1.165, 1.54) is 0 Å². The van der Waals surface area contributed by atoms with Gasteiger partial charge in [-0.05, 0) is 84.6 Å². The summed E-state index contributed by atoms with van der Waals surface area (Å²) in [5.74, 6) is -3.12. The summed E-state index contributed by atoms with van der Waals surface area (Å²) in [6, 6.07) is 17.0. The van der Waals surface area contributed by atoms with Crippen LogP contribution in [-0.2, 0) is 22.5 Å². The van der Waals surface area contributed by atoms with Crippen molar-refractivity contribution in [3.8, 4) is 11.1 Å². The molecular weight excluding hydrogens is 588 g/mol. The van der Waals surface area contributed by atoms with Crippen molar-refractivity contribution in [1.29, 1.82) is 0 Å². The van der Waals surface area contributed by atoms with Crippen molar-refractivity contribution in [3.63, 3.8) is 0 Å². The van der Waals surface area contributed by atoms with Crippen LogP contribution in [-0.4, -0.2) is 52.7 Å². The number of halogens is 2. The van der Waals surface area contributed by atoms with Crippen molar-refractivity contribution in [2.45, 2.75) is 98.3 Å². The number of rotatable bonds is 8. The number of esters is 1. The van der Waals surface area contributed by atoms with Crippen LogP contribution in [0.4, 0.5) is 14.5 Å². The van der Waals surface area contributed by atoms with Crippen molar-refractivity contribution < 1.29 is 28.2 Å². The zero-order chi connectivity index (χ0) is 33.9. The van der Waals surface area contributed by atoms with Gasteiger partial charge in [0.25, 0.3) is 11.8 Å². The molecule has 2 heterocycles. The summed E-state index contributed by atoms with van der Waals surface area (Å²) >= 11 is 0. The fraction of sp³-hybridized carbons (Fsp3) is 0.486. The van der Waals surface area contributed by atoms with Crippen molar-refractivity contribution in [1.82, 2.24) is 10.3 Å². The number of carbonyl (C=O) groups excluding carboxylic acids is 2. The lowest BCUT2D eigenvalue weighted by atomic mass is 9.89. The number of hydrogen-bond acceptors (Lipinski definition) is 6. The normalized spacial score (nSPS) is 16.5. The molecule has 1 spiro atoms. The lowest BCUT2D eigenvalue weighted by Gasteiger charge is -2.37. The van der Waals surface area contributed by atoms with Crippen LogP contribution in [0.5, 0.6) is 0 Å². The highest BCUT2D eigenvalue weighted by atomic mass is 19.3. The third-order valence-corrected chi connectivity index (χ3v) is 8.32. The van der Waals surface area contributed by atoms with Crippen LogP contribution >= 0.6 is 0 Å². The second-order valence-corrected chi connectivity index (χ2v) is 13.8. The third kappa shape index (κ3) is 8.69. The molecule has 46 heavy (non-hydrogen) atoms. The Balaban J connectivity index is 0.000000892. The Hall–Kier alpha value is -3.85. The first-order valence-electron chi connectivity index (χ1n) is 16.0. The number of anilines is 1. The zero-order valence-electron chi connectivity index (χ0n) is 28.0. The average Bonchev–Trinajstić information content (AvgIpc) is 3.51. The number of nitrogens with zero attached hydrogens (tertiary/aromatic N) is 2. The van der Waals surface area contributed by atoms with E-state index < -0.39 is 16.9 Å². The number of carbonyl (C=O) groups is 2. The average molecular weight is 636 g/mol. The molecule has 2 aliphatic rings. The Labute approximate surface area is 271 Å². The van der Waals surface area contributed by atoms with Gasteiger partial charge in [0.15, 0.2) is 0 Å². The lowest BCUT2D eigenvalue weighted by molar-refractivity contribution is -0.146. The third-order valence-electron chi connectivity index (χ3n) is 8.32. The molecule has 0 radical (unpaired) electrons. The Kier molecular flexibility index (Phi) is 10.6. The van der Waals surface area contributed by atoms with E-state index in [2.05, 4.69) is 10.2 Å². The highest BCUT2D eigenvalue weighted by molar-refractivity contribution is 5.95. The van der Waals surface area contributed by atoms with Gasteiger partial charge in [0.2, 0.25) is 0 Å². The predicted octanol–water partition coefficient (Wildman–Crippen LogP) is 7.19. The van der Waals surface area contributed by atoms with E-state index in [-0.39, 0.29) is 30.8 Å². The fourth-order valence-electron chi connectivity index (χ4n) is 5.97. The molecule has 1 aliphatic heterocycles. The first-order valence-corrected chi connectivity index (χ1v) is 16.0. The topological polar surface area (TPSA) is 91.8 Å². The van der Waals surface area contributed by atoms with Gasteiger partial charge < -0.3 is 20.1 Å². The maximum Gasteiger partial charge on any atom is 0.310 e. The van der Waals surface area contributed by atoms with Gasteiger partial charge in [-0.3, -0.25) is 14.6 Å². The molecule has 5 rings (SSSR count). The number of ether oxygens (including phenoxy) is 1. The van der Waals surface area contributed by atoms with Crippen LogP contribution in [0.25, 0.3) is 11.1 Å². The summed E-state index contributed by atoms with van der Waals surface area (Å²) in [4.78, 5) is 32.6. The molecule has 0 unspecified atom stereocenters. The Bertz CT molecular complexity index is 1520. The molecule has 1 amide bonds. The maximum atomic E-state index is 14.2. The summed E-state index contributed by atoms with van der Waals surface area (Å²) in [5, 5.41) is 11.5. The number of piperidine rings is 1. The standard InChI is InChI=1S/C33H37F2N3O3.C4H10O/c1-21(2)41-28(39)18-27-22(3)37-23(4)29(30(27)38-16-14-32(15-17-38)20-33(32,34)35)25-10-12-26(13-11-25)31(40)36-19-24-8-6-5-7-9-24;1-4(2,3)5/h5-13,21H,14-20H2,1-4H3,(H,36,40);5H,1-3H3. The molecule has 0 atom stereocenters. The van der Waals surface area contributed by atoms with Gasteiger partial charge in [-0.25, -0.2) is 8.78 Å². The minimum atomic E-state index is -2.59. The van der Waals surface area contributed by atoms with E-state index in [1.54, 1.807) is 32.9 Å². The van der Waals surface area contributed by atoms with Crippen LogP contribution in [0.1, 0.15) is 86.8 Å². The second kappa shape index (κ2) is 13.9. The number of aliphatic hydroxyl groups is 1. The second-order valence-electron chi connectivity index (χ2n) is 13.8. The van der Waals surface area contributed by atoms with Gasteiger partial charge in [-0.1, -0.05) is 42.5 Å². The number of pyridine rings is 1. The summed E-state index contributed by atoms with van der Waals surface area (Å²) in [7, 11) is 0. The molecule has 0 bridgehead atoms. The first-order chi connectivity index (χ1) is 21.5.